The number of hydrogen-bond donors (Lipinski definition) is 6. The van der Waals surface area contributed by atoms with Crippen LogP contribution in [0.15, 0.2) is 152 Å². The van der Waals surface area contributed by atoms with Crippen LogP contribution in [0.1, 0.15) is 0 Å². The van der Waals surface area contributed by atoms with E-state index in [0.29, 0.717) is 0 Å². The molecule has 0 radical (unpaired) electrons. The molecule has 0 aliphatic carbocycles. The van der Waals surface area contributed by atoms with Gasteiger partial charge in [-0.25, -0.2) is 57.5 Å². The number of carboxylic acid groups (broad SMARTS) is 6. The van der Waals surface area contributed by atoms with Gasteiger partial charge in [-0.05, 0) is 0 Å². The van der Waals surface area contributed by atoms with Crippen molar-refractivity contribution in [3.05, 3.63) is 152 Å². The third-order valence-corrected chi connectivity index (χ3v) is 4.92. The predicted molar refractivity (Wildman–Crippen MR) is 230 cm³/mol. The van der Waals surface area contributed by atoms with Gasteiger partial charge < -0.3 is 59.1 Å². The number of carbonyl (C=O) groups excluding carboxylic acids is 6. The Bertz CT molecular complexity index is 1570. The van der Waals surface area contributed by atoms with E-state index in [9.17, 15) is 57.5 Å². The lowest BCUT2D eigenvalue weighted by molar-refractivity contribution is -0.202. The zero-order valence-electron chi connectivity index (χ0n) is 35.2. The van der Waals surface area contributed by atoms with Crippen LogP contribution in [0.25, 0.3) is 0 Å². The number of esters is 6. The van der Waals surface area contributed by atoms with Gasteiger partial charge in [0.05, 0.1) is 0 Å². The fourth-order valence-electron chi connectivity index (χ4n) is 2.31. The summed E-state index contributed by atoms with van der Waals surface area (Å²) in [6.45, 7) is 35.7. The molecule has 4 atom stereocenters. The maximum absolute atomic E-state index is 12.1. The third-order valence-electron chi connectivity index (χ3n) is 4.92. The quantitative estimate of drug-likeness (QED) is 0.0486. The van der Waals surface area contributed by atoms with Crippen LogP contribution in [-0.4, -0.2) is 140 Å². The Hall–Kier alpha value is -9.48. The zero-order valence-corrected chi connectivity index (χ0v) is 35.2. The molecule has 362 valence electrons. The highest BCUT2D eigenvalue weighted by molar-refractivity contribution is 5.85. The molecule has 0 heterocycles. The SMILES string of the molecule is C=CC(=O)O.C=CC(=O)O.C=CC(=O)O.C=CC(=O)O.C=CC(=O)O.C=CC(=O)O.C=CC(=O)OC[C@H](OC(=O)C=C)[C@@H](OC(=O)C=C)[C@H](OC(=O)C=C)[C@@H](COC(=O)C=C)OC(=O)C=C. The van der Waals surface area contributed by atoms with Gasteiger partial charge in [-0.15, -0.1) is 0 Å². The van der Waals surface area contributed by atoms with Crippen LogP contribution in [-0.2, 0) is 86.0 Å². The Morgan fingerprint density at radius 1 is 0.288 bits per heavy atom. The molecule has 0 saturated carbocycles. The van der Waals surface area contributed by atoms with Gasteiger partial charge in [0.1, 0.15) is 13.2 Å². The van der Waals surface area contributed by atoms with Crippen molar-refractivity contribution < 1.29 is 117 Å². The first-order valence-electron chi connectivity index (χ1n) is 16.7. The molecule has 0 amide bonds. The fourth-order valence-corrected chi connectivity index (χ4v) is 2.31. The molecular formula is C42H50O24. The van der Waals surface area contributed by atoms with E-state index in [2.05, 4.69) is 78.9 Å². The van der Waals surface area contributed by atoms with Crippen molar-refractivity contribution in [3.63, 3.8) is 0 Å². The minimum absolute atomic E-state index is 0.726. The average molecular weight is 939 g/mol. The molecule has 0 saturated heterocycles. The van der Waals surface area contributed by atoms with Crippen LogP contribution in [0.2, 0.25) is 0 Å². The van der Waals surface area contributed by atoms with Crippen molar-refractivity contribution in [1.82, 2.24) is 0 Å². The van der Waals surface area contributed by atoms with Crippen molar-refractivity contribution in [3.8, 4) is 0 Å². The standard InChI is InChI=1S/C24H26O12.6C3H4O2/c1-7-17(25)31-13-15(33-19(27)9-3)23(35-21(29)11-5)24(36-22(30)12-6)16(34-20(28)10-4)14-32-18(26)8-2;6*1-2-3(4)5/h7-12,15-16,23-24H,1-6,13-14H2;6*2H,1H2,(H,4,5)/t15-,16+,23-,24-;;;;;;/m1....../s1. The van der Waals surface area contributed by atoms with Crippen LogP contribution in [0.5, 0.6) is 0 Å². The average Bonchev–Trinajstić information content (AvgIpc) is 3.30. The van der Waals surface area contributed by atoms with Gasteiger partial charge in [-0.2, -0.15) is 0 Å². The molecule has 0 spiro atoms. The van der Waals surface area contributed by atoms with Crippen molar-refractivity contribution in [1.29, 1.82) is 0 Å². The molecule has 0 aromatic rings. The van der Waals surface area contributed by atoms with E-state index in [4.69, 9.17) is 59.1 Å². The van der Waals surface area contributed by atoms with E-state index in [1.807, 2.05) is 0 Å². The van der Waals surface area contributed by atoms with Gasteiger partial charge >= 0.3 is 71.6 Å². The molecule has 0 fully saturated rings. The Kier molecular flexibility index (Phi) is 51.9. The first kappa shape index (κ1) is 71.0. The second-order valence-corrected chi connectivity index (χ2v) is 9.49. The van der Waals surface area contributed by atoms with Gasteiger partial charge in [-0.1, -0.05) is 78.9 Å². The minimum Gasteiger partial charge on any atom is -0.478 e. The molecule has 0 aromatic heterocycles. The van der Waals surface area contributed by atoms with Crippen molar-refractivity contribution in [2.75, 3.05) is 13.2 Å². The minimum atomic E-state index is -1.83. The zero-order chi connectivity index (χ0) is 53.4. The molecular weight excluding hydrogens is 888 g/mol. The summed E-state index contributed by atoms with van der Waals surface area (Å²) >= 11 is 0. The van der Waals surface area contributed by atoms with Gasteiger partial charge in [0.2, 0.25) is 0 Å². The second-order valence-electron chi connectivity index (χ2n) is 9.49. The molecule has 6 N–H and O–H groups in total. The summed E-state index contributed by atoms with van der Waals surface area (Å²) in [5.41, 5.74) is 0. The molecule has 66 heavy (non-hydrogen) atoms. The van der Waals surface area contributed by atoms with Crippen molar-refractivity contribution in [2.45, 2.75) is 24.4 Å². The topological polar surface area (TPSA) is 382 Å². The van der Waals surface area contributed by atoms with Gasteiger partial charge in [0.25, 0.3) is 0 Å². The number of rotatable bonds is 23. The predicted octanol–water partition coefficient (Wildman–Crippen LogP) is 2.38. The highest BCUT2D eigenvalue weighted by atomic mass is 16.6. The van der Waals surface area contributed by atoms with E-state index < -0.39 is 109 Å². The Morgan fingerprint density at radius 3 is 0.576 bits per heavy atom. The summed E-state index contributed by atoms with van der Waals surface area (Å²) < 4.78 is 30.6. The van der Waals surface area contributed by atoms with Crippen molar-refractivity contribution in [2.24, 2.45) is 0 Å². The van der Waals surface area contributed by atoms with Crippen LogP contribution in [0.4, 0.5) is 0 Å². The third kappa shape index (κ3) is 56.6. The van der Waals surface area contributed by atoms with E-state index in [0.717, 1.165) is 72.9 Å². The number of carbonyl (C=O) groups is 12. The second kappa shape index (κ2) is 48.2. The van der Waals surface area contributed by atoms with E-state index >= 15 is 0 Å². The first-order chi connectivity index (χ1) is 30.7. The Labute approximate surface area is 377 Å². The summed E-state index contributed by atoms with van der Waals surface area (Å²) in [6.07, 6.45) is 2.55. The molecule has 0 unspecified atom stereocenters. The fraction of sp³-hybridized carbons (Fsp3) is 0.143. The number of ether oxygens (including phenoxy) is 6. The molecule has 0 aliphatic heterocycles. The van der Waals surface area contributed by atoms with Gasteiger partial charge in [0.15, 0.2) is 24.4 Å². The highest BCUT2D eigenvalue weighted by Gasteiger charge is 2.45. The molecule has 0 rings (SSSR count). The van der Waals surface area contributed by atoms with Crippen LogP contribution >= 0.6 is 0 Å². The van der Waals surface area contributed by atoms with Crippen LogP contribution in [0, 0.1) is 0 Å². The number of carboxylic acids is 6. The first-order valence-corrected chi connectivity index (χ1v) is 16.7. The monoisotopic (exact) mass is 938 g/mol. The highest BCUT2D eigenvalue weighted by Crippen LogP contribution is 2.21. The number of aliphatic carboxylic acids is 6. The van der Waals surface area contributed by atoms with Gasteiger partial charge in [0, 0.05) is 72.9 Å². The molecule has 0 bridgehead atoms. The summed E-state index contributed by atoms with van der Waals surface area (Å²) in [5.74, 6) is -12.1. The molecule has 24 heteroatoms. The van der Waals surface area contributed by atoms with Crippen molar-refractivity contribution >= 4 is 71.6 Å². The van der Waals surface area contributed by atoms with E-state index in [1.54, 1.807) is 0 Å². The lowest BCUT2D eigenvalue weighted by Gasteiger charge is -2.35. The summed E-state index contributed by atoms with van der Waals surface area (Å²) in [5, 5.41) is 45.6. The normalized spacial score (nSPS) is 10.0. The van der Waals surface area contributed by atoms with Crippen LogP contribution < -0.4 is 0 Å². The number of hydrogen-bond acceptors (Lipinski definition) is 18. The largest absolute Gasteiger partial charge is 0.478 e. The Balaban J connectivity index is -0.000000184. The summed E-state index contributed by atoms with van der Waals surface area (Å²) in [4.78, 5) is 127. The lowest BCUT2D eigenvalue weighted by atomic mass is 10.0. The smallest absolute Gasteiger partial charge is 0.330 e. The summed E-state index contributed by atoms with van der Waals surface area (Å²) in [6, 6.07) is 0. The molecule has 0 aromatic carbocycles. The van der Waals surface area contributed by atoms with E-state index in [1.165, 1.54) is 0 Å². The summed E-state index contributed by atoms with van der Waals surface area (Å²) in [7, 11) is 0. The van der Waals surface area contributed by atoms with Gasteiger partial charge in [-0.3, -0.25) is 0 Å². The maximum Gasteiger partial charge on any atom is 0.330 e. The van der Waals surface area contributed by atoms with Crippen LogP contribution in [0.3, 0.4) is 0 Å². The Morgan fingerprint density at radius 2 is 0.439 bits per heavy atom. The lowest BCUT2D eigenvalue weighted by Crippen LogP contribution is -2.54. The maximum atomic E-state index is 12.1. The van der Waals surface area contributed by atoms with E-state index in [-0.39, 0.29) is 0 Å². The molecule has 24 nitrogen and oxygen atoms in total. The molecule has 0 aliphatic rings.